The van der Waals surface area contributed by atoms with E-state index in [1.165, 1.54) is 7.11 Å². The van der Waals surface area contributed by atoms with Gasteiger partial charge in [-0.2, -0.15) is 0 Å². The molecule has 0 saturated carbocycles. The van der Waals surface area contributed by atoms with Crippen LogP contribution in [0.1, 0.15) is 0 Å². The van der Waals surface area contributed by atoms with Crippen molar-refractivity contribution in [2.45, 2.75) is 0 Å². The normalized spacial score (nSPS) is 10.4. The fraction of sp³-hybridized carbons (Fsp3) is 0.412. The maximum absolute atomic E-state index is 5.61. The predicted octanol–water partition coefficient (Wildman–Crippen LogP) is 2.87. The Balaban J connectivity index is 2.95. The molecule has 0 aliphatic carbocycles. The number of hydrogen-bond acceptors (Lipinski definition) is 7. The summed E-state index contributed by atoms with van der Waals surface area (Å²) in [4.78, 5) is 0. The Labute approximate surface area is 140 Å². The molecule has 0 aliphatic heterocycles. The number of rotatable bonds is 8. The van der Waals surface area contributed by atoms with Gasteiger partial charge in [-0.05, 0) is 0 Å². The van der Waals surface area contributed by atoms with Gasteiger partial charge < -0.3 is 33.2 Å². The molecule has 0 aromatic heterocycles. The lowest BCUT2D eigenvalue weighted by atomic mass is 10.0. The van der Waals surface area contributed by atoms with Crippen LogP contribution in [0.4, 0.5) is 0 Å². The molecule has 2 rings (SSSR count). The average molecular weight is 338 g/mol. The molecule has 0 bridgehead atoms. The van der Waals surface area contributed by atoms with Gasteiger partial charge in [0, 0.05) is 19.2 Å². The van der Waals surface area contributed by atoms with Crippen LogP contribution in [0.5, 0.6) is 34.5 Å². The summed E-state index contributed by atoms with van der Waals surface area (Å²) in [5.41, 5.74) is 0. The molecule has 0 unspecified atom stereocenters. The van der Waals surface area contributed by atoms with E-state index in [9.17, 15) is 0 Å². The van der Waals surface area contributed by atoms with E-state index in [1.807, 2.05) is 0 Å². The van der Waals surface area contributed by atoms with Gasteiger partial charge in [0.05, 0.1) is 46.3 Å². The smallest absolute Gasteiger partial charge is 0.188 e. The number of benzene rings is 2. The van der Waals surface area contributed by atoms with E-state index in [1.54, 1.807) is 47.7 Å². The monoisotopic (exact) mass is 338 g/mol. The Hall–Kier alpha value is -2.54. The first-order valence-electron chi connectivity index (χ1n) is 7.16. The minimum atomic E-state index is 0.0639. The van der Waals surface area contributed by atoms with Gasteiger partial charge in [-0.25, -0.2) is 0 Å². The van der Waals surface area contributed by atoms with Gasteiger partial charge in [0.2, 0.25) is 0 Å². The Morgan fingerprint density at radius 1 is 0.583 bits per heavy atom. The molecule has 2 aromatic rings. The van der Waals surface area contributed by atoms with Gasteiger partial charge in [0.25, 0.3) is 0 Å². The maximum atomic E-state index is 5.61. The first kappa shape index (κ1) is 17.8. The standard InChI is InChI=1S/C17H22O7/c1-18-9-24-13-8-11(20-3)14-10(19-2)7-12(21-4)16(22-5)15(14)17(13)23-6/h7-8H,9H2,1-6H3. The van der Waals surface area contributed by atoms with E-state index in [0.29, 0.717) is 45.3 Å². The lowest BCUT2D eigenvalue weighted by Gasteiger charge is -2.20. The van der Waals surface area contributed by atoms with Crippen LogP contribution >= 0.6 is 0 Å². The van der Waals surface area contributed by atoms with E-state index in [-0.39, 0.29) is 6.79 Å². The molecule has 0 aliphatic rings. The molecule has 7 nitrogen and oxygen atoms in total. The zero-order valence-electron chi connectivity index (χ0n) is 14.7. The molecule has 0 radical (unpaired) electrons. The van der Waals surface area contributed by atoms with Gasteiger partial charge >= 0.3 is 0 Å². The minimum absolute atomic E-state index is 0.0639. The van der Waals surface area contributed by atoms with Crippen LogP contribution in [0.25, 0.3) is 10.8 Å². The van der Waals surface area contributed by atoms with Gasteiger partial charge in [-0.15, -0.1) is 0 Å². The third-order valence-corrected chi connectivity index (χ3v) is 3.57. The van der Waals surface area contributed by atoms with Crippen molar-refractivity contribution in [1.82, 2.24) is 0 Å². The number of ether oxygens (including phenoxy) is 7. The number of fused-ring (bicyclic) bond motifs is 1. The summed E-state index contributed by atoms with van der Waals surface area (Å²) >= 11 is 0. The van der Waals surface area contributed by atoms with Crippen molar-refractivity contribution < 1.29 is 33.2 Å². The summed E-state index contributed by atoms with van der Waals surface area (Å²) < 4.78 is 38.1. The maximum Gasteiger partial charge on any atom is 0.188 e. The fourth-order valence-electron chi connectivity index (χ4n) is 2.57. The Bertz CT molecular complexity index is 712. The minimum Gasteiger partial charge on any atom is -0.496 e. The quantitative estimate of drug-likeness (QED) is 0.686. The second-order valence-electron chi connectivity index (χ2n) is 4.73. The van der Waals surface area contributed by atoms with E-state index < -0.39 is 0 Å². The van der Waals surface area contributed by atoms with E-state index in [2.05, 4.69) is 0 Å². The van der Waals surface area contributed by atoms with Crippen molar-refractivity contribution in [3.8, 4) is 34.5 Å². The van der Waals surface area contributed by atoms with E-state index in [4.69, 9.17) is 33.2 Å². The van der Waals surface area contributed by atoms with Crippen molar-refractivity contribution >= 4 is 10.8 Å². The summed E-state index contributed by atoms with van der Waals surface area (Å²) in [6, 6.07) is 3.45. The van der Waals surface area contributed by atoms with E-state index >= 15 is 0 Å². The largest absolute Gasteiger partial charge is 0.496 e. The van der Waals surface area contributed by atoms with Crippen LogP contribution in [0.3, 0.4) is 0 Å². The fourth-order valence-corrected chi connectivity index (χ4v) is 2.57. The van der Waals surface area contributed by atoms with Crippen LogP contribution in [0.15, 0.2) is 12.1 Å². The number of methoxy groups -OCH3 is 6. The second-order valence-corrected chi connectivity index (χ2v) is 4.73. The molecule has 0 saturated heterocycles. The highest BCUT2D eigenvalue weighted by Gasteiger charge is 2.25. The summed E-state index contributed by atoms with van der Waals surface area (Å²) in [7, 11) is 9.33. The topological polar surface area (TPSA) is 64.6 Å². The Morgan fingerprint density at radius 3 is 1.54 bits per heavy atom. The second kappa shape index (κ2) is 7.83. The zero-order valence-corrected chi connectivity index (χ0v) is 14.7. The molecule has 24 heavy (non-hydrogen) atoms. The lowest BCUT2D eigenvalue weighted by molar-refractivity contribution is 0.0492. The molecule has 7 heteroatoms. The third kappa shape index (κ3) is 2.94. The molecule has 0 fully saturated rings. The molecular formula is C17H22O7. The van der Waals surface area contributed by atoms with Crippen LogP contribution in [0.2, 0.25) is 0 Å². The van der Waals surface area contributed by atoms with Gasteiger partial charge in [-0.3, -0.25) is 0 Å². The predicted molar refractivity (Wildman–Crippen MR) is 89.2 cm³/mol. The summed E-state index contributed by atoms with van der Waals surface area (Å²) in [5, 5.41) is 1.32. The highest BCUT2D eigenvalue weighted by atomic mass is 16.7. The first-order chi connectivity index (χ1) is 11.7. The van der Waals surface area contributed by atoms with Crippen LogP contribution in [-0.2, 0) is 4.74 Å². The van der Waals surface area contributed by atoms with Gasteiger partial charge in [0.15, 0.2) is 29.8 Å². The molecule has 0 amide bonds. The van der Waals surface area contributed by atoms with Crippen molar-refractivity contribution in [3.63, 3.8) is 0 Å². The van der Waals surface area contributed by atoms with Crippen molar-refractivity contribution in [1.29, 1.82) is 0 Å². The van der Waals surface area contributed by atoms with Gasteiger partial charge in [0.1, 0.15) is 11.5 Å². The molecule has 2 aromatic carbocycles. The Kier molecular flexibility index (Phi) is 5.81. The van der Waals surface area contributed by atoms with Crippen molar-refractivity contribution in [2.75, 3.05) is 49.5 Å². The van der Waals surface area contributed by atoms with Crippen molar-refractivity contribution in [2.24, 2.45) is 0 Å². The summed E-state index contributed by atoms with van der Waals surface area (Å²) in [5.74, 6) is 3.04. The van der Waals surface area contributed by atoms with E-state index in [0.717, 1.165) is 0 Å². The molecule has 0 N–H and O–H groups in total. The van der Waals surface area contributed by atoms with Crippen LogP contribution in [-0.4, -0.2) is 49.5 Å². The van der Waals surface area contributed by atoms with Crippen LogP contribution < -0.4 is 28.4 Å². The lowest BCUT2D eigenvalue weighted by Crippen LogP contribution is -2.03. The third-order valence-electron chi connectivity index (χ3n) is 3.57. The highest BCUT2D eigenvalue weighted by Crippen LogP contribution is 2.52. The van der Waals surface area contributed by atoms with Gasteiger partial charge in [-0.1, -0.05) is 0 Å². The highest BCUT2D eigenvalue weighted by molar-refractivity contribution is 6.05. The molecule has 0 heterocycles. The molecule has 132 valence electrons. The Morgan fingerprint density at radius 2 is 1.08 bits per heavy atom. The summed E-state index contributed by atoms with van der Waals surface area (Å²) in [6.45, 7) is 0.0639. The number of hydrogen-bond donors (Lipinski definition) is 0. The first-order valence-corrected chi connectivity index (χ1v) is 7.16. The van der Waals surface area contributed by atoms with Crippen molar-refractivity contribution in [3.05, 3.63) is 12.1 Å². The zero-order chi connectivity index (χ0) is 17.7. The SMILES string of the molecule is COCOc1cc(OC)c2c(OC)cc(OC)c(OC)c2c1OC. The average Bonchev–Trinajstić information content (AvgIpc) is 2.63. The molecular weight excluding hydrogens is 316 g/mol. The molecule has 0 spiro atoms. The molecule has 0 atom stereocenters. The van der Waals surface area contributed by atoms with Crippen LogP contribution in [0, 0.1) is 0 Å². The summed E-state index contributed by atoms with van der Waals surface area (Å²) in [6.07, 6.45) is 0.